The molecule has 0 saturated carbocycles. The number of rotatable bonds is 2. The van der Waals surface area contributed by atoms with Crippen LogP contribution in [0.3, 0.4) is 0 Å². The van der Waals surface area contributed by atoms with E-state index in [-0.39, 0.29) is 17.4 Å². The molecule has 0 bridgehead atoms. The maximum absolute atomic E-state index is 12.5. The molecule has 110 valence electrons. The third-order valence-corrected chi connectivity index (χ3v) is 4.41. The summed E-state index contributed by atoms with van der Waals surface area (Å²) in [5.74, 6) is -0.106. The smallest absolute Gasteiger partial charge is 0.270 e. The highest BCUT2D eigenvalue weighted by atomic mass is 32.2. The summed E-state index contributed by atoms with van der Waals surface area (Å²) in [7, 11) is 0. The predicted octanol–water partition coefficient (Wildman–Crippen LogP) is 3.50. The highest BCUT2D eigenvalue weighted by molar-refractivity contribution is 8.27. The number of carbonyl (C=O) groups excluding carboxylic acids is 1. The zero-order valence-corrected chi connectivity index (χ0v) is 12.9. The molecule has 1 heterocycles. The van der Waals surface area contributed by atoms with Gasteiger partial charge in [0.2, 0.25) is 0 Å². The van der Waals surface area contributed by atoms with Crippen molar-refractivity contribution >= 4 is 46.0 Å². The molecule has 1 saturated heterocycles. The van der Waals surface area contributed by atoms with E-state index < -0.39 is 0 Å². The highest BCUT2D eigenvalue weighted by Gasteiger charge is 2.33. The number of thioether (sulfide) groups is 1. The van der Waals surface area contributed by atoms with Gasteiger partial charge in [-0.05, 0) is 24.3 Å². The fourth-order valence-electron chi connectivity index (χ4n) is 2.07. The minimum atomic E-state index is -0.274. The van der Waals surface area contributed by atoms with Gasteiger partial charge >= 0.3 is 0 Å². The Morgan fingerprint density at radius 3 is 2.59 bits per heavy atom. The van der Waals surface area contributed by atoms with Crippen LogP contribution in [0.15, 0.2) is 53.4 Å². The number of benzene rings is 2. The number of hydrogen-bond acceptors (Lipinski definition) is 5. The summed E-state index contributed by atoms with van der Waals surface area (Å²) in [6.45, 7) is 0. The lowest BCUT2D eigenvalue weighted by atomic mass is 10.2. The number of anilines is 1. The lowest BCUT2D eigenvalue weighted by Crippen LogP contribution is -2.27. The number of amides is 1. The fourth-order valence-corrected chi connectivity index (χ4v) is 3.36. The molecule has 1 amide bonds. The van der Waals surface area contributed by atoms with Crippen molar-refractivity contribution in [3.8, 4) is 11.5 Å². The van der Waals surface area contributed by atoms with Crippen molar-refractivity contribution in [2.24, 2.45) is 0 Å². The van der Waals surface area contributed by atoms with E-state index in [1.54, 1.807) is 42.5 Å². The van der Waals surface area contributed by atoms with E-state index in [0.29, 0.717) is 20.5 Å². The summed E-state index contributed by atoms with van der Waals surface area (Å²) >= 11 is 6.41. The summed E-state index contributed by atoms with van der Waals surface area (Å²) in [5.41, 5.74) is 1.07. The van der Waals surface area contributed by atoms with Gasteiger partial charge in [0, 0.05) is 11.6 Å². The molecule has 2 aromatic carbocycles. The first-order chi connectivity index (χ1) is 10.6. The molecular formula is C16H11NO3S2. The van der Waals surface area contributed by atoms with Crippen LogP contribution in [0.5, 0.6) is 11.5 Å². The van der Waals surface area contributed by atoms with Crippen LogP contribution in [-0.2, 0) is 4.79 Å². The zero-order valence-electron chi connectivity index (χ0n) is 11.3. The van der Waals surface area contributed by atoms with Gasteiger partial charge in [-0.25, -0.2) is 0 Å². The second-order valence-electron chi connectivity index (χ2n) is 4.60. The number of nitrogens with zero attached hydrogens (tertiary/aromatic N) is 1. The molecule has 1 aliphatic heterocycles. The summed E-state index contributed by atoms with van der Waals surface area (Å²) in [5, 5.41) is 19.3. The number of phenolic OH excluding ortho intramolecular Hbond substituents is 2. The minimum absolute atomic E-state index is 0.0660. The van der Waals surface area contributed by atoms with E-state index in [9.17, 15) is 15.0 Å². The molecule has 0 radical (unpaired) electrons. The summed E-state index contributed by atoms with van der Waals surface area (Å²) in [6, 6.07) is 13.1. The van der Waals surface area contributed by atoms with Crippen molar-refractivity contribution in [2.75, 3.05) is 4.90 Å². The fraction of sp³-hybridized carbons (Fsp3) is 0. The van der Waals surface area contributed by atoms with Gasteiger partial charge < -0.3 is 10.2 Å². The standard InChI is InChI=1S/C16H11NO3S2/c18-12-6-3-5-11(9-12)17-15(20)14(22-16(17)21)8-10-4-1-2-7-13(10)19/h1-9,18-19H/b14-8-. The topological polar surface area (TPSA) is 60.8 Å². The van der Waals surface area contributed by atoms with Crippen molar-refractivity contribution in [1.29, 1.82) is 0 Å². The molecule has 1 fully saturated rings. The average Bonchev–Trinajstić information content (AvgIpc) is 2.76. The van der Waals surface area contributed by atoms with Crippen molar-refractivity contribution in [2.45, 2.75) is 0 Å². The Hall–Kier alpha value is -2.31. The van der Waals surface area contributed by atoms with Crippen LogP contribution in [0.4, 0.5) is 5.69 Å². The molecule has 0 unspecified atom stereocenters. The Bertz CT molecular complexity index is 801. The zero-order chi connectivity index (χ0) is 15.7. The van der Waals surface area contributed by atoms with Gasteiger partial charge in [-0.15, -0.1) is 0 Å². The summed E-state index contributed by atoms with van der Waals surface area (Å²) in [4.78, 5) is 14.3. The summed E-state index contributed by atoms with van der Waals surface area (Å²) in [6.07, 6.45) is 1.61. The Kier molecular flexibility index (Phi) is 3.87. The largest absolute Gasteiger partial charge is 0.508 e. The predicted molar refractivity (Wildman–Crippen MR) is 91.9 cm³/mol. The molecular weight excluding hydrogens is 318 g/mol. The number of para-hydroxylation sites is 1. The first-order valence-electron chi connectivity index (χ1n) is 6.41. The number of phenols is 2. The number of carbonyl (C=O) groups is 1. The Balaban J connectivity index is 1.97. The number of thiocarbonyl (C=S) groups is 1. The first-order valence-corrected chi connectivity index (χ1v) is 7.64. The Labute approximate surface area is 136 Å². The van der Waals surface area contributed by atoms with Crippen LogP contribution in [-0.4, -0.2) is 20.4 Å². The van der Waals surface area contributed by atoms with Crippen molar-refractivity contribution in [3.63, 3.8) is 0 Å². The van der Waals surface area contributed by atoms with E-state index in [0.717, 1.165) is 11.8 Å². The van der Waals surface area contributed by atoms with Gasteiger partial charge in [0.25, 0.3) is 5.91 Å². The van der Waals surface area contributed by atoms with E-state index in [1.165, 1.54) is 17.0 Å². The van der Waals surface area contributed by atoms with Gasteiger partial charge in [0.05, 0.1) is 10.6 Å². The monoisotopic (exact) mass is 329 g/mol. The molecule has 3 rings (SSSR count). The molecule has 0 aromatic heterocycles. The van der Waals surface area contributed by atoms with Crippen LogP contribution >= 0.6 is 24.0 Å². The number of aromatic hydroxyl groups is 2. The molecule has 6 heteroatoms. The van der Waals surface area contributed by atoms with Gasteiger partial charge in [0.1, 0.15) is 11.5 Å². The van der Waals surface area contributed by atoms with Gasteiger partial charge in [-0.3, -0.25) is 9.69 Å². The van der Waals surface area contributed by atoms with Crippen LogP contribution in [0.25, 0.3) is 6.08 Å². The van der Waals surface area contributed by atoms with E-state index in [1.807, 2.05) is 0 Å². The molecule has 4 nitrogen and oxygen atoms in total. The van der Waals surface area contributed by atoms with Crippen LogP contribution in [0.2, 0.25) is 0 Å². The van der Waals surface area contributed by atoms with E-state index in [4.69, 9.17) is 12.2 Å². The first kappa shape index (κ1) is 14.6. The maximum Gasteiger partial charge on any atom is 0.270 e. The maximum atomic E-state index is 12.5. The average molecular weight is 329 g/mol. The minimum Gasteiger partial charge on any atom is -0.508 e. The Morgan fingerprint density at radius 1 is 1.09 bits per heavy atom. The molecule has 1 aliphatic rings. The van der Waals surface area contributed by atoms with Crippen molar-refractivity contribution in [1.82, 2.24) is 0 Å². The highest BCUT2D eigenvalue weighted by Crippen LogP contribution is 2.37. The van der Waals surface area contributed by atoms with Gasteiger partial charge in [-0.1, -0.05) is 48.2 Å². The molecule has 0 atom stereocenters. The van der Waals surface area contributed by atoms with Crippen molar-refractivity contribution in [3.05, 3.63) is 59.0 Å². The Morgan fingerprint density at radius 2 is 1.86 bits per heavy atom. The molecule has 22 heavy (non-hydrogen) atoms. The van der Waals surface area contributed by atoms with Gasteiger partial charge in [0.15, 0.2) is 4.32 Å². The lowest BCUT2D eigenvalue weighted by molar-refractivity contribution is -0.113. The van der Waals surface area contributed by atoms with E-state index in [2.05, 4.69) is 0 Å². The van der Waals surface area contributed by atoms with Gasteiger partial charge in [-0.2, -0.15) is 0 Å². The SMILES string of the molecule is O=C1/C(=C/c2ccccc2O)SC(=S)N1c1cccc(O)c1. The summed E-state index contributed by atoms with van der Waals surface area (Å²) < 4.78 is 0.386. The second kappa shape index (κ2) is 5.82. The van der Waals surface area contributed by atoms with Crippen molar-refractivity contribution < 1.29 is 15.0 Å². The lowest BCUT2D eigenvalue weighted by Gasteiger charge is -2.14. The quantitative estimate of drug-likeness (QED) is 0.652. The van der Waals surface area contributed by atoms with E-state index >= 15 is 0 Å². The number of hydrogen-bond donors (Lipinski definition) is 2. The van der Waals surface area contributed by atoms with Crippen LogP contribution in [0, 0.1) is 0 Å². The molecule has 2 aromatic rings. The second-order valence-corrected chi connectivity index (χ2v) is 6.27. The van der Waals surface area contributed by atoms with Crippen LogP contribution < -0.4 is 4.90 Å². The third kappa shape index (κ3) is 2.70. The molecule has 2 N–H and O–H groups in total. The molecule has 0 aliphatic carbocycles. The van der Waals surface area contributed by atoms with Crippen LogP contribution in [0.1, 0.15) is 5.56 Å². The molecule has 0 spiro atoms. The normalized spacial score (nSPS) is 16.5. The third-order valence-electron chi connectivity index (χ3n) is 3.11.